The van der Waals surface area contributed by atoms with E-state index in [-0.39, 0.29) is 30.7 Å². The number of hydrogen-bond acceptors (Lipinski definition) is 3. The average Bonchev–Trinajstić information content (AvgIpc) is 3.00. The molecule has 0 aromatic carbocycles. The van der Waals surface area contributed by atoms with Crippen molar-refractivity contribution < 1.29 is 4.79 Å². The molecule has 1 unspecified atom stereocenters. The van der Waals surface area contributed by atoms with Crippen LogP contribution in [0.2, 0.25) is 0 Å². The van der Waals surface area contributed by atoms with Gasteiger partial charge in [-0.1, -0.05) is 12.8 Å². The highest BCUT2D eigenvalue weighted by molar-refractivity contribution is 5.85. The maximum Gasteiger partial charge on any atom is 0.220 e. The van der Waals surface area contributed by atoms with Crippen LogP contribution in [0.25, 0.3) is 0 Å². The Balaban J connectivity index is 0.00000180. The number of nitrogens with zero attached hydrogens (tertiary/aromatic N) is 1. The van der Waals surface area contributed by atoms with Crippen molar-refractivity contribution in [2.45, 2.75) is 44.6 Å². The van der Waals surface area contributed by atoms with Crippen molar-refractivity contribution in [3.8, 4) is 0 Å². The van der Waals surface area contributed by atoms with Crippen molar-refractivity contribution in [3.63, 3.8) is 0 Å². The Bertz CT molecular complexity index is 267. The molecule has 20 heavy (non-hydrogen) atoms. The molecular weight excluding hydrogens is 297 g/mol. The van der Waals surface area contributed by atoms with E-state index in [1.807, 2.05) is 0 Å². The molecule has 0 radical (unpaired) electrons. The lowest BCUT2D eigenvalue weighted by atomic mass is 10.0. The fourth-order valence-electron chi connectivity index (χ4n) is 3.12. The van der Waals surface area contributed by atoms with Gasteiger partial charge in [0, 0.05) is 25.6 Å². The quantitative estimate of drug-likeness (QED) is 0.783. The van der Waals surface area contributed by atoms with Crippen molar-refractivity contribution in [3.05, 3.63) is 0 Å². The Morgan fingerprint density at radius 2 is 1.95 bits per heavy atom. The van der Waals surface area contributed by atoms with Gasteiger partial charge in [-0.15, -0.1) is 24.8 Å². The summed E-state index contributed by atoms with van der Waals surface area (Å²) in [6.45, 7) is 3.86. The van der Waals surface area contributed by atoms with Crippen LogP contribution < -0.4 is 10.6 Å². The van der Waals surface area contributed by atoms with Gasteiger partial charge in [-0.3, -0.25) is 4.79 Å². The third-order valence-electron chi connectivity index (χ3n) is 4.37. The van der Waals surface area contributed by atoms with Crippen LogP contribution in [0.4, 0.5) is 0 Å². The van der Waals surface area contributed by atoms with Crippen molar-refractivity contribution in [1.82, 2.24) is 15.5 Å². The smallest absolute Gasteiger partial charge is 0.220 e. The molecule has 0 bridgehead atoms. The minimum absolute atomic E-state index is 0. The molecule has 1 aliphatic heterocycles. The van der Waals surface area contributed by atoms with E-state index in [0.29, 0.717) is 12.3 Å². The topological polar surface area (TPSA) is 44.4 Å². The van der Waals surface area contributed by atoms with Gasteiger partial charge in [-0.25, -0.2) is 0 Å². The summed E-state index contributed by atoms with van der Waals surface area (Å²) >= 11 is 0. The van der Waals surface area contributed by atoms with E-state index >= 15 is 0 Å². The molecule has 2 fully saturated rings. The zero-order valence-corrected chi connectivity index (χ0v) is 14.0. The third kappa shape index (κ3) is 6.61. The minimum atomic E-state index is 0. The number of halogens is 2. The first-order valence-electron chi connectivity index (χ1n) is 7.43. The summed E-state index contributed by atoms with van der Waals surface area (Å²) in [5.74, 6) is 0.779. The zero-order valence-electron chi connectivity index (χ0n) is 12.4. The Morgan fingerprint density at radius 1 is 1.25 bits per heavy atom. The van der Waals surface area contributed by atoms with Gasteiger partial charge in [0.15, 0.2) is 0 Å². The maximum atomic E-state index is 11.7. The van der Waals surface area contributed by atoms with Crippen LogP contribution >= 0.6 is 24.8 Å². The normalized spacial score (nSPS) is 22.4. The van der Waals surface area contributed by atoms with Gasteiger partial charge in [-0.05, 0) is 45.3 Å². The van der Waals surface area contributed by atoms with Gasteiger partial charge in [0.25, 0.3) is 0 Å². The molecule has 1 saturated heterocycles. The monoisotopic (exact) mass is 325 g/mol. The Hall–Kier alpha value is -0.0300. The van der Waals surface area contributed by atoms with Gasteiger partial charge in [0.05, 0.1) is 0 Å². The molecule has 0 aromatic heterocycles. The van der Waals surface area contributed by atoms with Gasteiger partial charge >= 0.3 is 0 Å². The number of carbonyl (C=O) groups excluding carboxylic acids is 1. The predicted octanol–water partition coefficient (Wildman–Crippen LogP) is 1.82. The van der Waals surface area contributed by atoms with Crippen molar-refractivity contribution in [1.29, 1.82) is 0 Å². The van der Waals surface area contributed by atoms with Crippen LogP contribution in [0.5, 0.6) is 0 Å². The highest BCUT2D eigenvalue weighted by atomic mass is 35.5. The summed E-state index contributed by atoms with van der Waals surface area (Å²) in [5.41, 5.74) is 0. The Morgan fingerprint density at radius 3 is 2.55 bits per heavy atom. The van der Waals surface area contributed by atoms with E-state index in [2.05, 4.69) is 22.6 Å². The fourth-order valence-corrected chi connectivity index (χ4v) is 3.12. The van der Waals surface area contributed by atoms with E-state index in [0.717, 1.165) is 38.6 Å². The summed E-state index contributed by atoms with van der Waals surface area (Å²) in [7, 11) is 2.18. The summed E-state index contributed by atoms with van der Waals surface area (Å²) in [5, 5.41) is 6.36. The van der Waals surface area contributed by atoms with E-state index in [1.54, 1.807) is 0 Å². The molecule has 120 valence electrons. The van der Waals surface area contributed by atoms with Gasteiger partial charge in [0.2, 0.25) is 5.91 Å². The summed E-state index contributed by atoms with van der Waals surface area (Å²) < 4.78 is 0. The van der Waals surface area contributed by atoms with Crippen molar-refractivity contribution in [2.75, 3.05) is 33.2 Å². The second-order valence-electron chi connectivity index (χ2n) is 5.83. The van der Waals surface area contributed by atoms with E-state index < -0.39 is 0 Å². The summed E-state index contributed by atoms with van der Waals surface area (Å²) in [6, 6.07) is 0.751. The summed E-state index contributed by atoms with van der Waals surface area (Å²) in [6.07, 6.45) is 7.25. The van der Waals surface area contributed by atoms with Crippen LogP contribution in [0, 0.1) is 5.92 Å². The van der Waals surface area contributed by atoms with Crippen LogP contribution in [0.3, 0.4) is 0 Å². The molecule has 4 nitrogen and oxygen atoms in total. The molecule has 1 heterocycles. The lowest BCUT2D eigenvalue weighted by Crippen LogP contribution is -2.37. The summed E-state index contributed by atoms with van der Waals surface area (Å²) in [4.78, 5) is 14.2. The van der Waals surface area contributed by atoms with Crippen LogP contribution in [-0.2, 0) is 4.79 Å². The number of hydrogen-bond donors (Lipinski definition) is 2. The van der Waals surface area contributed by atoms with Crippen molar-refractivity contribution in [2.24, 2.45) is 5.92 Å². The first kappa shape index (κ1) is 20.0. The van der Waals surface area contributed by atoms with E-state index in [9.17, 15) is 4.79 Å². The molecule has 2 aliphatic rings. The third-order valence-corrected chi connectivity index (χ3v) is 4.37. The van der Waals surface area contributed by atoms with Crippen LogP contribution in [0.1, 0.15) is 38.5 Å². The van der Waals surface area contributed by atoms with E-state index in [4.69, 9.17) is 0 Å². The lowest BCUT2D eigenvalue weighted by Gasteiger charge is -2.24. The molecule has 2 rings (SSSR count). The number of amides is 1. The zero-order chi connectivity index (χ0) is 12.8. The van der Waals surface area contributed by atoms with Gasteiger partial charge in [-0.2, -0.15) is 0 Å². The van der Waals surface area contributed by atoms with Gasteiger partial charge in [0.1, 0.15) is 0 Å². The number of likely N-dealkylation sites (N-methyl/N-ethyl adjacent to an activating group) is 1. The first-order chi connectivity index (χ1) is 8.75. The molecule has 1 atom stereocenters. The minimum Gasteiger partial charge on any atom is -0.355 e. The molecule has 1 aliphatic carbocycles. The number of carbonyl (C=O) groups is 1. The molecule has 2 N–H and O–H groups in total. The van der Waals surface area contributed by atoms with E-state index in [1.165, 1.54) is 25.7 Å². The second kappa shape index (κ2) is 10.7. The van der Waals surface area contributed by atoms with Crippen LogP contribution in [0.15, 0.2) is 0 Å². The Labute approximate surface area is 135 Å². The maximum absolute atomic E-state index is 11.7. The highest BCUT2D eigenvalue weighted by Gasteiger charge is 2.20. The highest BCUT2D eigenvalue weighted by Crippen LogP contribution is 2.21. The number of rotatable bonds is 6. The van der Waals surface area contributed by atoms with Crippen molar-refractivity contribution >= 4 is 30.7 Å². The SMILES string of the molecule is CN(CCNC(=O)CC1CCNC1)C1CCCC1.Cl.Cl. The number of nitrogens with one attached hydrogen (secondary N) is 2. The fraction of sp³-hybridized carbons (Fsp3) is 0.929. The lowest BCUT2D eigenvalue weighted by molar-refractivity contribution is -0.121. The largest absolute Gasteiger partial charge is 0.355 e. The predicted molar refractivity (Wildman–Crippen MR) is 88.0 cm³/mol. The van der Waals surface area contributed by atoms with Crippen LogP contribution in [-0.4, -0.2) is 50.1 Å². The average molecular weight is 326 g/mol. The Kier molecular flexibility index (Phi) is 10.6. The van der Waals surface area contributed by atoms with Gasteiger partial charge < -0.3 is 15.5 Å². The molecule has 1 saturated carbocycles. The first-order valence-corrected chi connectivity index (χ1v) is 7.43. The second-order valence-corrected chi connectivity index (χ2v) is 5.83. The molecule has 0 spiro atoms. The molecular formula is C14H29Cl2N3O. The standard InChI is InChI=1S/C14H27N3O.2ClH/c1-17(13-4-2-3-5-13)9-8-16-14(18)10-12-6-7-15-11-12;;/h12-13,15H,2-11H2,1H3,(H,16,18);2*1H. The molecule has 0 aromatic rings. The molecule has 1 amide bonds. The molecule has 6 heteroatoms.